The molecule has 0 atom stereocenters. The third-order valence-electron chi connectivity index (χ3n) is 1.96. The molecule has 1 rings (SSSR count). The first-order valence-corrected chi connectivity index (χ1v) is 5.18. The fourth-order valence-electron chi connectivity index (χ4n) is 1.20. The maximum absolute atomic E-state index is 11.6. The molecule has 0 aromatic carbocycles. The highest BCUT2D eigenvalue weighted by atomic mass is 32.1. The van der Waals surface area contributed by atoms with E-state index < -0.39 is 0 Å². The fourth-order valence-corrected chi connectivity index (χ4v) is 2.33. The van der Waals surface area contributed by atoms with E-state index >= 15 is 0 Å². The summed E-state index contributed by atoms with van der Waals surface area (Å²) in [6.45, 7) is 4.17. The van der Waals surface area contributed by atoms with Gasteiger partial charge in [0.25, 0.3) is 5.91 Å². The molecule has 0 radical (unpaired) electrons. The first-order chi connectivity index (χ1) is 6.06. The molecule has 0 spiro atoms. The van der Waals surface area contributed by atoms with Crippen LogP contribution in [0.3, 0.4) is 0 Å². The number of carbonyl (C=O) groups excluding carboxylic acids is 1. The van der Waals surface area contributed by atoms with Crippen LogP contribution in [0.2, 0.25) is 0 Å². The number of thiophene rings is 1. The Hall–Kier alpha value is -0.830. The molecule has 1 aromatic heterocycles. The first-order valence-electron chi connectivity index (χ1n) is 4.37. The van der Waals surface area contributed by atoms with Gasteiger partial charge in [0, 0.05) is 19.0 Å². The number of amides is 1. The Labute approximate surface area is 83.2 Å². The lowest BCUT2D eigenvalue weighted by molar-refractivity contribution is 0.0832. The Morgan fingerprint density at radius 2 is 2.15 bits per heavy atom. The molecule has 0 fully saturated rings. The van der Waals surface area contributed by atoms with Gasteiger partial charge in [0.05, 0.1) is 4.88 Å². The molecule has 2 nitrogen and oxygen atoms in total. The van der Waals surface area contributed by atoms with E-state index in [1.165, 1.54) is 10.4 Å². The zero-order valence-corrected chi connectivity index (χ0v) is 9.36. The average molecular weight is 197 g/mol. The van der Waals surface area contributed by atoms with Gasteiger partial charge in [0.15, 0.2) is 0 Å². The van der Waals surface area contributed by atoms with Crippen LogP contribution in [0.25, 0.3) is 0 Å². The first kappa shape index (κ1) is 10.3. The van der Waals surface area contributed by atoms with Gasteiger partial charge in [-0.3, -0.25) is 4.79 Å². The normalized spacial score (nSPS) is 10.2. The van der Waals surface area contributed by atoms with Gasteiger partial charge < -0.3 is 4.90 Å². The number of hydrogen-bond donors (Lipinski definition) is 0. The van der Waals surface area contributed by atoms with Crippen molar-refractivity contribution in [2.45, 2.75) is 20.3 Å². The Morgan fingerprint density at radius 1 is 1.54 bits per heavy atom. The summed E-state index contributed by atoms with van der Waals surface area (Å²) >= 11 is 1.60. The van der Waals surface area contributed by atoms with Gasteiger partial charge in [-0.15, -0.1) is 11.3 Å². The fraction of sp³-hybridized carbons (Fsp3) is 0.500. The molecular formula is C10H15NOS. The molecule has 72 valence electrons. The zero-order chi connectivity index (χ0) is 10.0. The third kappa shape index (κ3) is 2.10. The molecule has 0 aliphatic heterocycles. The molecule has 0 unspecified atom stereocenters. The molecular weight excluding hydrogens is 182 g/mol. The Kier molecular flexibility index (Phi) is 3.09. The quantitative estimate of drug-likeness (QED) is 0.712. The van der Waals surface area contributed by atoms with Gasteiger partial charge >= 0.3 is 0 Å². The number of aryl methyl sites for hydroxylation is 2. The number of hydrogen-bond acceptors (Lipinski definition) is 2. The van der Waals surface area contributed by atoms with Gasteiger partial charge in [-0.05, 0) is 25.0 Å². The van der Waals surface area contributed by atoms with Crippen LogP contribution < -0.4 is 0 Å². The van der Waals surface area contributed by atoms with E-state index in [4.69, 9.17) is 0 Å². The van der Waals surface area contributed by atoms with Crippen molar-refractivity contribution in [2.24, 2.45) is 0 Å². The Balaban J connectivity index is 2.97. The maximum Gasteiger partial charge on any atom is 0.263 e. The van der Waals surface area contributed by atoms with Gasteiger partial charge in [-0.1, -0.05) is 6.92 Å². The van der Waals surface area contributed by atoms with Crippen LogP contribution in [0.15, 0.2) is 6.07 Å². The lowest BCUT2D eigenvalue weighted by Gasteiger charge is -2.06. The Bertz CT molecular complexity index is 315. The largest absolute Gasteiger partial charge is 0.344 e. The van der Waals surface area contributed by atoms with Gasteiger partial charge in [-0.25, -0.2) is 0 Å². The van der Waals surface area contributed by atoms with Crippen LogP contribution in [-0.4, -0.2) is 24.9 Å². The van der Waals surface area contributed by atoms with Crippen molar-refractivity contribution in [3.05, 3.63) is 21.4 Å². The van der Waals surface area contributed by atoms with Crippen LogP contribution in [0.1, 0.15) is 27.0 Å². The third-order valence-corrected chi connectivity index (χ3v) is 3.33. The van der Waals surface area contributed by atoms with Crippen molar-refractivity contribution >= 4 is 17.2 Å². The summed E-state index contributed by atoms with van der Waals surface area (Å²) < 4.78 is 0. The highest BCUT2D eigenvalue weighted by molar-refractivity contribution is 7.14. The highest BCUT2D eigenvalue weighted by Crippen LogP contribution is 2.22. The molecule has 3 heteroatoms. The predicted octanol–water partition coefficient (Wildman–Crippen LogP) is 2.32. The summed E-state index contributed by atoms with van der Waals surface area (Å²) in [6, 6.07) is 1.98. The summed E-state index contributed by atoms with van der Waals surface area (Å²) in [5.41, 5.74) is 1.23. The molecule has 1 heterocycles. The number of carbonyl (C=O) groups is 1. The number of rotatable bonds is 2. The second-order valence-electron chi connectivity index (χ2n) is 3.27. The highest BCUT2D eigenvalue weighted by Gasteiger charge is 2.12. The number of nitrogens with zero attached hydrogens (tertiary/aromatic N) is 1. The molecule has 1 aromatic rings. The van der Waals surface area contributed by atoms with Crippen LogP contribution in [0, 0.1) is 6.92 Å². The zero-order valence-electron chi connectivity index (χ0n) is 8.55. The van der Waals surface area contributed by atoms with E-state index in [9.17, 15) is 4.79 Å². The van der Waals surface area contributed by atoms with Gasteiger partial charge in [0.1, 0.15) is 0 Å². The lowest BCUT2D eigenvalue weighted by atomic mass is 10.2. The SMILES string of the molecule is CCc1sc(C(=O)N(C)C)cc1C. The standard InChI is InChI=1S/C10H15NOS/c1-5-8-7(2)6-9(13-8)10(12)11(3)4/h6H,5H2,1-4H3. The topological polar surface area (TPSA) is 20.3 Å². The average Bonchev–Trinajstić information content (AvgIpc) is 2.45. The molecule has 0 N–H and O–H groups in total. The molecule has 0 aliphatic carbocycles. The van der Waals surface area contributed by atoms with Crippen molar-refractivity contribution < 1.29 is 4.79 Å². The van der Waals surface area contributed by atoms with E-state index in [0.717, 1.165) is 11.3 Å². The summed E-state index contributed by atoms with van der Waals surface area (Å²) in [6.07, 6.45) is 1.01. The van der Waals surface area contributed by atoms with E-state index in [-0.39, 0.29) is 5.91 Å². The van der Waals surface area contributed by atoms with E-state index in [0.29, 0.717) is 0 Å². The summed E-state index contributed by atoms with van der Waals surface area (Å²) in [5.74, 6) is 0.104. The summed E-state index contributed by atoms with van der Waals surface area (Å²) in [5, 5.41) is 0. The molecule has 13 heavy (non-hydrogen) atoms. The van der Waals surface area contributed by atoms with Crippen molar-refractivity contribution in [1.29, 1.82) is 0 Å². The van der Waals surface area contributed by atoms with Gasteiger partial charge in [-0.2, -0.15) is 0 Å². The van der Waals surface area contributed by atoms with Crippen molar-refractivity contribution in [2.75, 3.05) is 14.1 Å². The van der Waals surface area contributed by atoms with E-state index in [1.807, 2.05) is 6.07 Å². The van der Waals surface area contributed by atoms with E-state index in [1.54, 1.807) is 30.3 Å². The molecule has 0 bridgehead atoms. The monoisotopic (exact) mass is 197 g/mol. The van der Waals surface area contributed by atoms with Crippen molar-refractivity contribution in [1.82, 2.24) is 4.90 Å². The maximum atomic E-state index is 11.6. The lowest BCUT2D eigenvalue weighted by Crippen LogP contribution is -2.20. The van der Waals surface area contributed by atoms with Crippen LogP contribution >= 0.6 is 11.3 Å². The van der Waals surface area contributed by atoms with Crippen LogP contribution in [0.4, 0.5) is 0 Å². The molecule has 0 aliphatic rings. The minimum absolute atomic E-state index is 0.104. The summed E-state index contributed by atoms with van der Waals surface area (Å²) in [4.78, 5) is 15.3. The molecule has 0 saturated heterocycles. The predicted molar refractivity (Wildman–Crippen MR) is 56.5 cm³/mol. The minimum Gasteiger partial charge on any atom is -0.344 e. The minimum atomic E-state index is 0.104. The smallest absolute Gasteiger partial charge is 0.263 e. The van der Waals surface area contributed by atoms with Crippen LogP contribution in [-0.2, 0) is 6.42 Å². The Morgan fingerprint density at radius 3 is 2.54 bits per heavy atom. The second-order valence-corrected chi connectivity index (χ2v) is 4.41. The van der Waals surface area contributed by atoms with Crippen LogP contribution in [0.5, 0.6) is 0 Å². The van der Waals surface area contributed by atoms with Crippen molar-refractivity contribution in [3.8, 4) is 0 Å². The van der Waals surface area contributed by atoms with Crippen molar-refractivity contribution in [3.63, 3.8) is 0 Å². The molecule has 0 saturated carbocycles. The molecule has 1 amide bonds. The second kappa shape index (κ2) is 3.92. The van der Waals surface area contributed by atoms with Gasteiger partial charge in [0.2, 0.25) is 0 Å². The summed E-state index contributed by atoms with van der Waals surface area (Å²) in [7, 11) is 3.56. The van der Waals surface area contributed by atoms with E-state index in [2.05, 4.69) is 13.8 Å².